The molecule has 0 bridgehead atoms. The number of nitrogens with zero attached hydrogens (tertiary/aromatic N) is 4. The molecule has 186 valence electrons. The van der Waals surface area contributed by atoms with E-state index in [0.717, 1.165) is 12.1 Å². The van der Waals surface area contributed by atoms with E-state index in [1.165, 1.54) is 9.80 Å². The van der Waals surface area contributed by atoms with E-state index in [-0.39, 0.29) is 30.0 Å². The van der Waals surface area contributed by atoms with Gasteiger partial charge in [0.25, 0.3) is 5.91 Å². The van der Waals surface area contributed by atoms with Gasteiger partial charge in [-0.05, 0) is 42.8 Å². The summed E-state index contributed by atoms with van der Waals surface area (Å²) < 4.78 is 0. The van der Waals surface area contributed by atoms with Gasteiger partial charge in [0.05, 0.1) is 34.6 Å². The molecule has 2 saturated heterocycles. The molecule has 3 aliphatic rings. The Morgan fingerprint density at radius 1 is 0.757 bits per heavy atom. The zero-order chi connectivity index (χ0) is 25.7. The van der Waals surface area contributed by atoms with Crippen molar-refractivity contribution in [1.29, 1.82) is 0 Å². The number of hydrogen-bond donors (Lipinski definition) is 0. The third-order valence-corrected chi connectivity index (χ3v) is 7.59. The Morgan fingerprint density at radius 3 is 2.05 bits per heavy atom. The lowest BCUT2D eigenvalue weighted by molar-refractivity contribution is -0.124. The topological polar surface area (TPSA) is 90.9 Å². The van der Waals surface area contributed by atoms with Crippen LogP contribution in [0.3, 0.4) is 0 Å². The Balaban J connectivity index is 1.49. The van der Waals surface area contributed by atoms with Gasteiger partial charge in [-0.3, -0.25) is 29.1 Å². The van der Waals surface area contributed by atoms with Crippen molar-refractivity contribution < 1.29 is 19.2 Å². The minimum Gasteiger partial charge on any atom is -0.357 e. The summed E-state index contributed by atoms with van der Waals surface area (Å²) in [4.78, 5) is 64.0. The number of fused-ring (bicyclic) bond motifs is 2. The highest BCUT2D eigenvalue weighted by Crippen LogP contribution is 2.51. The molecule has 0 saturated carbocycles. The maximum atomic E-state index is 14.1. The zero-order valence-electron chi connectivity index (χ0n) is 20.4. The minimum absolute atomic E-state index is 0.0434. The van der Waals surface area contributed by atoms with Gasteiger partial charge < -0.3 is 4.90 Å². The predicted octanol–water partition coefficient (Wildman–Crippen LogP) is 3.53. The molecule has 4 amide bonds. The second-order valence-electron chi connectivity index (χ2n) is 9.66. The quantitative estimate of drug-likeness (QED) is 0.504. The molecule has 4 heterocycles. The van der Waals surface area contributed by atoms with E-state index in [9.17, 15) is 19.2 Å². The SMILES string of the molecule is CCCN1c2cccnc2[C@H](C2CC(=O)N(c3ccccc3)C2=O)[C@@H]2C(=O)N(c3ccccc3)C(=O)[C@@H]21. The van der Waals surface area contributed by atoms with Crippen molar-refractivity contribution >= 4 is 40.7 Å². The van der Waals surface area contributed by atoms with Gasteiger partial charge in [-0.2, -0.15) is 0 Å². The van der Waals surface area contributed by atoms with Crippen molar-refractivity contribution in [2.24, 2.45) is 11.8 Å². The molecule has 1 unspecified atom stereocenters. The summed E-state index contributed by atoms with van der Waals surface area (Å²) in [5, 5.41) is 0. The molecule has 0 spiro atoms. The molecule has 0 N–H and O–H groups in total. The van der Waals surface area contributed by atoms with Crippen molar-refractivity contribution in [3.8, 4) is 0 Å². The Hall–Kier alpha value is -4.33. The molecule has 8 nitrogen and oxygen atoms in total. The van der Waals surface area contributed by atoms with E-state index in [1.54, 1.807) is 60.8 Å². The van der Waals surface area contributed by atoms with Crippen LogP contribution in [0, 0.1) is 11.8 Å². The Morgan fingerprint density at radius 2 is 1.41 bits per heavy atom. The lowest BCUT2D eigenvalue weighted by Crippen LogP contribution is -2.52. The molecule has 2 fully saturated rings. The smallest absolute Gasteiger partial charge is 0.257 e. The summed E-state index contributed by atoms with van der Waals surface area (Å²) >= 11 is 0. The first-order valence-electron chi connectivity index (χ1n) is 12.6. The number of aromatic nitrogens is 1. The maximum Gasteiger partial charge on any atom is 0.257 e. The van der Waals surface area contributed by atoms with Crippen LogP contribution in [0.15, 0.2) is 79.0 Å². The third kappa shape index (κ3) is 3.47. The van der Waals surface area contributed by atoms with Gasteiger partial charge in [0.15, 0.2) is 0 Å². The molecular formula is C29H26N4O4. The molecule has 2 aromatic carbocycles. The average Bonchev–Trinajstić information content (AvgIpc) is 3.36. The molecular weight excluding hydrogens is 468 g/mol. The normalized spacial score (nSPS) is 25.1. The van der Waals surface area contributed by atoms with Gasteiger partial charge >= 0.3 is 0 Å². The summed E-state index contributed by atoms with van der Waals surface area (Å²) in [5.41, 5.74) is 2.33. The number of rotatable bonds is 5. The Labute approximate surface area is 214 Å². The number of pyridine rings is 1. The molecule has 3 aliphatic heterocycles. The molecule has 6 rings (SSSR count). The summed E-state index contributed by atoms with van der Waals surface area (Å²) in [5.74, 6) is -3.69. The van der Waals surface area contributed by atoms with Gasteiger partial charge in [-0.15, -0.1) is 0 Å². The second kappa shape index (κ2) is 8.96. The van der Waals surface area contributed by atoms with Crippen LogP contribution in [0.1, 0.15) is 31.4 Å². The van der Waals surface area contributed by atoms with Crippen LogP contribution in [0.5, 0.6) is 0 Å². The van der Waals surface area contributed by atoms with E-state index in [2.05, 4.69) is 4.98 Å². The lowest BCUT2D eigenvalue weighted by atomic mass is 9.72. The van der Waals surface area contributed by atoms with E-state index in [4.69, 9.17) is 0 Å². The van der Waals surface area contributed by atoms with Crippen molar-refractivity contribution in [1.82, 2.24) is 4.98 Å². The maximum absolute atomic E-state index is 14.1. The predicted molar refractivity (Wildman–Crippen MR) is 138 cm³/mol. The van der Waals surface area contributed by atoms with Crippen LogP contribution in [0.2, 0.25) is 0 Å². The fourth-order valence-electron chi connectivity index (χ4n) is 6.14. The molecule has 4 atom stereocenters. The number of benzene rings is 2. The Bertz CT molecular complexity index is 1390. The highest BCUT2D eigenvalue weighted by Gasteiger charge is 2.61. The van der Waals surface area contributed by atoms with E-state index >= 15 is 0 Å². The van der Waals surface area contributed by atoms with Crippen LogP contribution in [-0.4, -0.2) is 41.2 Å². The highest BCUT2D eigenvalue weighted by molar-refractivity contribution is 6.26. The standard InChI is InChI=1S/C29H26N4O4/c1-2-16-31-21-14-9-15-30-25(21)23(20-17-22(34)32(27(20)35)18-10-5-3-6-11-18)24-26(31)29(37)33(28(24)36)19-12-7-4-8-13-19/h3-15,20,23-24,26H,2,16-17H2,1H3/t20?,23-,24+,26-/m1/s1. The van der Waals surface area contributed by atoms with E-state index in [0.29, 0.717) is 23.6 Å². The number of anilines is 3. The van der Waals surface area contributed by atoms with Crippen molar-refractivity contribution in [3.05, 3.63) is 84.7 Å². The van der Waals surface area contributed by atoms with Crippen molar-refractivity contribution in [2.75, 3.05) is 21.2 Å². The number of carbonyl (C=O) groups excluding carboxylic acids is 4. The number of carbonyl (C=O) groups is 4. The second-order valence-corrected chi connectivity index (χ2v) is 9.66. The van der Waals surface area contributed by atoms with E-state index < -0.39 is 23.8 Å². The number of amides is 4. The monoisotopic (exact) mass is 494 g/mol. The van der Waals surface area contributed by atoms with Crippen LogP contribution in [0.4, 0.5) is 17.1 Å². The summed E-state index contributed by atoms with van der Waals surface area (Å²) in [6.45, 7) is 2.58. The molecule has 8 heteroatoms. The number of hydrogen-bond acceptors (Lipinski definition) is 6. The van der Waals surface area contributed by atoms with Crippen LogP contribution in [-0.2, 0) is 19.2 Å². The largest absolute Gasteiger partial charge is 0.357 e. The fraction of sp³-hybridized carbons (Fsp3) is 0.276. The molecule has 0 radical (unpaired) electrons. The first kappa shape index (κ1) is 23.1. The van der Waals surface area contributed by atoms with Gasteiger partial charge in [0.2, 0.25) is 17.7 Å². The Kier molecular flexibility index (Phi) is 5.59. The summed E-state index contributed by atoms with van der Waals surface area (Å²) in [6.07, 6.45) is 2.36. The van der Waals surface area contributed by atoms with Gasteiger partial charge in [-0.1, -0.05) is 43.3 Å². The van der Waals surface area contributed by atoms with Gasteiger partial charge in [0, 0.05) is 25.1 Å². The lowest BCUT2D eigenvalue weighted by Gasteiger charge is -2.42. The zero-order valence-corrected chi connectivity index (χ0v) is 20.4. The van der Waals surface area contributed by atoms with Crippen molar-refractivity contribution in [2.45, 2.75) is 31.7 Å². The minimum atomic E-state index is -0.834. The van der Waals surface area contributed by atoms with Gasteiger partial charge in [0.1, 0.15) is 6.04 Å². The first-order valence-corrected chi connectivity index (χ1v) is 12.6. The van der Waals surface area contributed by atoms with Crippen LogP contribution in [0.25, 0.3) is 0 Å². The van der Waals surface area contributed by atoms with Crippen molar-refractivity contribution in [3.63, 3.8) is 0 Å². The third-order valence-electron chi connectivity index (χ3n) is 7.59. The summed E-state index contributed by atoms with van der Waals surface area (Å²) in [6, 6.07) is 20.6. The molecule has 1 aromatic heterocycles. The summed E-state index contributed by atoms with van der Waals surface area (Å²) in [7, 11) is 0. The highest BCUT2D eigenvalue weighted by atomic mass is 16.2. The number of para-hydroxylation sites is 2. The fourth-order valence-corrected chi connectivity index (χ4v) is 6.14. The van der Waals surface area contributed by atoms with Crippen LogP contribution >= 0.6 is 0 Å². The first-order chi connectivity index (χ1) is 18.0. The van der Waals surface area contributed by atoms with Gasteiger partial charge in [-0.25, -0.2) is 4.90 Å². The molecule has 0 aliphatic carbocycles. The van der Waals surface area contributed by atoms with Crippen LogP contribution < -0.4 is 14.7 Å². The molecule has 37 heavy (non-hydrogen) atoms. The number of imide groups is 2. The average molecular weight is 495 g/mol. The van der Waals surface area contributed by atoms with E-state index in [1.807, 2.05) is 30.0 Å². The molecule has 3 aromatic rings.